The molecule has 0 aliphatic heterocycles. The fraction of sp³-hybridized carbons (Fsp3) is 0.429. The molecule has 0 aliphatic carbocycles. The Morgan fingerprint density at radius 2 is 1.59 bits per heavy atom. The lowest BCUT2D eigenvalue weighted by Gasteiger charge is -2.35. The number of carboxylic acids is 1. The molecule has 0 fully saturated rings. The number of halogens is 3. The van der Waals surface area contributed by atoms with Crippen LogP contribution in [0.1, 0.15) is 36.2 Å². The van der Waals surface area contributed by atoms with Crippen molar-refractivity contribution >= 4 is 11.9 Å². The van der Waals surface area contributed by atoms with Crippen molar-refractivity contribution in [1.29, 1.82) is 0 Å². The minimum Gasteiger partial charge on any atom is -0.479 e. The Labute approximate surface area is 124 Å². The number of carbonyl (C=O) groups is 2. The molecule has 1 atom stereocenters. The first-order chi connectivity index (χ1) is 9.81. The van der Waals surface area contributed by atoms with Gasteiger partial charge in [-0.2, -0.15) is 13.2 Å². The van der Waals surface area contributed by atoms with Crippen molar-refractivity contribution in [3.63, 3.8) is 0 Å². The standard InChI is InChI=1S/C14H16F3NO4/c1-12(2,7-13(22,11(20)21)14(15,16)17)9-5-3-8(4-6-9)10(18)19/h3-6,22H,7H2,1-2H3,(H2,18,19)(H,20,21). The minimum absolute atomic E-state index is 0.170. The number of benzene rings is 1. The Bertz CT molecular complexity index is 581. The lowest BCUT2D eigenvalue weighted by molar-refractivity contribution is -0.265. The van der Waals surface area contributed by atoms with E-state index in [1.807, 2.05) is 0 Å². The van der Waals surface area contributed by atoms with Crippen LogP contribution in [0.5, 0.6) is 0 Å². The van der Waals surface area contributed by atoms with Crippen molar-refractivity contribution in [2.75, 3.05) is 0 Å². The molecule has 1 unspecified atom stereocenters. The summed E-state index contributed by atoms with van der Waals surface area (Å²) in [5, 5.41) is 18.3. The predicted molar refractivity (Wildman–Crippen MR) is 71.2 cm³/mol. The molecule has 0 aromatic heterocycles. The molecule has 1 aromatic rings. The van der Waals surface area contributed by atoms with Crippen LogP contribution in [0.3, 0.4) is 0 Å². The minimum atomic E-state index is -5.32. The average Bonchev–Trinajstić information content (AvgIpc) is 2.36. The van der Waals surface area contributed by atoms with Gasteiger partial charge < -0.3 is 15.9 Å². The number of hydrogen-bond donors (Lipinski definition) is 3. The van der Waals surface area contributed by atoms with Crippen molar-refractivity contribution in [2.45, 2.75) is 37.5 Å². The highest BCUT2D eigenvalue weighted by Gasteiger charge is 2.61. The third-order valence-corrected chi connectivity index (χ3v) is 3.47. The second-order valence-corrected chi connectivity index (χ2v) is 5.67. The summed E-state index contributed by atoms with van der Waals surface area (Å²) in [5.74, 6) is -3.05. The highest BCUT2D eigenvalue weighted by atomic mass is 19.4. The van der Waals surface area contributed by atoms with Crippen LogP contribution in [0.2, 0.25) is 0 Å². The first kappa shape index (κ1) is 18.0. The van der Waals surface area contributed by atoms with E-state index in [9.17, 15) is 27.9 Å². The van der Waals surface area contributed by atoms with Gasteiger partial charge in [-0.15, -0.1) is 0 Å². The van der Waals surface area contributed by atoms with Gasteiger partial charge in [0.1, 0.15) is 0 Å². The number of alkyl halides is 3. The SMILES string of the molecule is CC(C)(CC(O)(C(=O)O)C(F)(F)F)c1ccc(C(N)=O)cc1. The molecule has 8 heteroatoms. The van der Waals surface area contributed by atoms with E-state index in [-0.39, 0.29) is 5.56 Å². The number of carboxylic acid groups (broad SMARTS) is 1. The summed E-state index contributed by atoms with van der Waals surface area (Å²) in [7, 11) is 0. The van der Waals surface area contributed by atoms with Crippen molar-refractivity contribution in [3.8, 4) is 0 Å². The van der Waals surface area contributed by atoms with Gasteiger partial charge in [-0.1, -0.05) is 26.0 Å². The van der Waals surface area contributed by atoms with Gasteiger partial charge in [0.25, 0.3) is 5.60 Å². The van der Waals surface area contributed by atoms with Gasteiger partial charge in [0.2, 0.25) is 5.91 Å². The molecule has 0 radical (unpaired) electrons. The van der Waals surface area contributed by atoms with Crippen molar-refractivity contribution in [2.24, 2.45) is 5.73 Å². The summed E-state index contributed by atoms with van der Waals surface area (Å²) < 4.78 is 38.6. The number of aliphatic carboxylic acids is 1. The second-order valence-electron chi connectivity index (χ2n) is 5.67. The molecular weight excluding hydrogens is 303 g/mol. The van der Waals surface area contributed by atoms with Crippen molar-refractivity contribution in [3.05, 3.63) is 35.4 Å². The molecule has 0 saturated carbocycles. The molecule has 0 aliphatic rings. The van der Waals surface area contributed by atoms with E-state index in [0.717, 1.165) is 0 Å². The quantitative estimate of drug-likeness (QED) is 0.770. The Balaban J connectivity index is 3.18. The zero-order valence-corrected chi connectivity index (χ0v) is 11.9. The van der Waals surface area contributed by atoms with Crippen LogP contribution in [0.4, 0.5) is 13.2 Å². The first-order valence-electron chi connectivity index (χ1n) is 6.24. The van der Waals surface area contributed by atoms with Crippen molar-refractivity contribution in [1.82, 2.24) is 0 Å². The Morgan fingerprint density at radius 1 is 1.14 bits per heavy atom. The zero-order chi connectivity index (χ0) is 17.3. The molecule has 0 bridgehead atoms. The number of rotatable bonds is 5. The number of primary amides is 1. The van der Waals surface area contributed by atoms with Crippen LogP contribution < -0.4 is 5.73 Å². The highest BCUT2D eigenvalue weighted by molar-refractivity contribution is 5.92. The van der Waals surface area contributed by atoms with Gasteiger partial charge in [-0.25, -0.2) is 4.79 Å². The molecular formula is C14H16F3NO4. The highest BCUT2D eigenvalue weighted by Crippen LogP contribution is 2.41. The van der Waals surface area contributed by atoms with Crippen LogP contribution in [0.25, 0.3) is 0 Å². The molecule has 0 heterocycles. The maximum atomic E-state index is 12.9. The molecule has 4 N–H and O–H groups in total. The smallest absolute Gasteiger partial charge is 0.428 e. The topological polar surface area (TPSA) is 101 Å². The zero-order valence-electron chi connectivity index (χ0n) is 11.9. The maximum absolute atomic E-state index is 12.9. The Hall–Kier alpha value is -2.09. The summed E-state index contributed by atoms with van der Waals surface area (Å²) in [6.45, 7) is 2.73. The number of amides is 1. The molecule has 0 spiro atoms. The summed E-state index contributed by atoms with van der Waals surface area (Å²) >= 11 is 0. The fourth-order valence-corrected chi connectivity index (χ4v) is 2.12. The summed E-state index contributed by atoms with van der Waals surface area (Å²) in [4.78, 5) is 21.9. The number of aliphatic hydroxyl groups is 1. The first-order valence-corrected chi connectivity index (χ1v) is 6.24. The van der Waals surface area contributed by atoms with Crippen LogP contribution in [0, 0.1) is 0 Å². The predicted octanol–water partition coefficient (Wildman–Crippen LogP) is 1.83. The summed E-state index contributed by atoms with van der Waals surface area (Å²) in [5.41, 5.74) is 0.402. The normalized spacial score (nSPS) is 15.2. The maximum Gasteiger partial charge on any atom is 0.428 e. The summed E-state index contributed by atoms with van der Waals surface area (Å²) in [6, 6.07) is 5.40. The van der Waals surface area contributed by atoms with E-state index in [2.05, 4.69) is 0 Å². The van der Waals surface area contributed by atoms with Gasteiger partial charge >= 0.3 is 12.1 Å². The van der Waals surface area contributed by atoms with E-state index in [4.69, 9.17) is 10.8 Å². The van der Waals surface area contributed by atoms with Crippen molar-refractivity contribution < 1.29 is 33.0 Å². The van der Waals surface area contributed by atoms with Crippen LogP contribution >= 0.6 is 0 Å². The lowest BCUT2D eigenvalue weighted by atomic mass is 9.74. The Morgan fingerprint density at radius 3 is 1.91 bits per heavy atom. The second kappa shape index (κ2) is 5.60. The molecule has 0 saturated heterocycles. The summed E-state index contributed by atoms with van der Waals surface area (Å²) in [6.07, 6.45) is -6.39. The van der Waals surface area contributed by atoms with E-state index < -0.39 is 35.5 Å². The molecule has 5 nitrogen and oxygen atoms in total. The van der Waals surface area contributed by atoms with Gasteiger partial charge in [0.15, 0.2) is 0 Å². The molecule has 1 amide bonds. The molecule has 122 valence electrons. The monoisotopic (exact) mass is 319 g/mol. The van der Waals surface area contributed by atoms with Crippen LogP contribution in [-0.4, -0.2) is 33.9 Å². The van der Waals surface area contributed by atoms with Crippen LogP contribution in [0.15, 0.2) is 24.3 Å². The number of carbonyl (C=O) groups excluding carboxylic acids is 1. The fourth-order valence-electron chi connectivity index (χ4n) is 2.12. The van der Waals surface area contributed by atoms with E-state index in [1.54, 1.807) is 0 Å². The lowest BCUT2D eigenvalue weighted by Crippen LogP contribution is -2.55. The van der Waals surface area contributed by atoms with Gasteiger partial charge in [-0.05, 0) is 23.1 Å². The van der Waals surface area contributed by atoms with Gasteiger partial charge in [0, 0.05) is 12.0 Å². The van der Waals surface area contributed by atoms with E-state index in [1.165, 1.54) is 38.1 Å². The van der Waals surface area contributed by atoms with E-state index >= 15 is 0 Å². The van der Waals surface area contributed by atoms with Gasteiger partial charge in [0.05, 0.1) is 0 Å². The van der Waals surface area contributed by atoms with Crippen LogP contribution in [-0.2, 0) is 10.2 Å². The Kier molecular flexibility index (Phi) is 4.57. The number of nitrogens with two attached hydrogens (primary N) is 1. The molecule has 1 aromatic carbocycles. The third kappa shape index (κ3) is 3.38. The largest absolute Gasteiger partial charge is 0.479 e. The number of hydrogen-bond acceptors (Lipinski definition) is 3. The van der Waals surface area contributed by atoms with E-state index in [0.29, 0.717) is 5.56 Å². The molecule has 22 heavy (non-hydrogen) atoms. The molecule has 1 rings (SSSR count). The third-order valence-electron chi connectivity index (χ3n) is 3.47. The van der Waals surface area contributed by atoms with Gasteiger partial charge in [-0.3, -0.25) is 4.79 Å². The average molecular weight is 319 g/mol.